The Morgan fingerprint density at radius 2 is 2.18 bits per heavy atom. The fourth-order valence-corrected chi connectivity index (χ4v) is 2.71. The second-order valence-electron chi connectivity index (χ2n) is 5.41. The number of nitrogens with zero attached hydrogens (tertiary/aromatic N) is 2. The molecule has 96 valence electrons. The quantitative estimate of drug-likeness (QED) is 0.830. The van der Waals surface area contributed by atoms with E-state index in [1.807, 2.05) is 24.1 Å². The van der Waals surface area contributed by atoms with E-state index in [1.54, 1.807) is 0 Å². The number of aromatic nitrogens is 2. The average Bonchev–Trinajstić information content (AvgIpc) is 2.75. The molecule has 2 N–H and O–H groups in total. The van der Waals surface area contributed by atoms with Gasteiger partial charge in [0.05, 0.1) is 12.3 Å². The maximum Gasteiger partial charge on any atom is 0.0540 e. The van der Waals surface area contributed by atoms with Gasteiger partial charge in [-0.25, -0.2) is 0 Å². The number of aliphatic hydroxyl groups is 2. The van der Waals surface area contributed by atoms with Crippen molar-refractivity contribution in [3.8, 4) is 0 Å². The second-order valence-corrected chi connectivity index (χ2v) is 5.41. The fraction of sp³-hybridized carbons (Fsp3) is 0.769. The van der Waals surface area contributed by atoms with E-state index in [9.17, 15) is 10.2 Å². The molecule has 17 heavy (non-hydrogen) atoms. The lowest BCUT2D eigenvalue weighted by Gasteiger charge is -2.37. The van der Waals surface area contributed by atoms with E-state index in [1.165, 1.54) is 5.56 Å². The molecule has 1 aromatic heterocycles. The summed E-state index contributed by atoms with van der Waals surface area (Å²) >= 11 is 0. The van der Waals surface area contributed by atoms with Gasteiger partial charge in [0, 0.05) is 19.9 Å². The normalized spacial score (nSPS) is 29.5. The Balaban J connectivity index is 1.91. The number of hydrogen-bond acceptors (Lipinski definition) is 3. The van der Waals surface area contributed by atoms with E-state index in [-0.39, 0.29) is 18.1 Å². The highest BCUT2D eigenvalue weighted by Crippen LogP contribution is 2.39. The highest BCUT2D eigenvalue weighted by atomic mass is 16.3. The Bertz CT molecular complexity index is 354. The van der Waals surface area contributed by atoms with Crippen molar-refractivity contribution >= 4 is 0 Å². The van der Waals surface area contributed by atoms with Crippen LogP contribution in [-0.4, -0.2) is 32.7 Å². The number of hydrogen-bond donors (Lipinski definition) is 2. The van der Waals surface area contributed by atoms with Crippen molar-refractivity contribution in [3.05, 3.63) is 18.0 Å². The Morgan fingerprint density at radius 3 is 2.71 bits per heavy atom. The summed E-state index contributed by atoms with van der Waals surface area (Å²) in [5, 5.41) is 23.3. The molecule has 0 bridgehead atoms. The van der Waals surface area contributed by atoms with Gasteiger partial charge in [-0.1, -0.05) is 0 Å². The van der Waals surface area contributed by atoms with Crippen LogP contribution in [0, 0.1) is 5.41 Å². The summed E-state index contributed by atoms with van der Waals surface area (Å²) in [5.41, 5.74) is 1.25. The topological polar surface area (TPSA) is 58.3 Å². The molecule has 1 saturated carbocycles. The molecule has 0 radical (unpaired) electrons. The highest BCUT2D eigenvalue weighted by molar-refractivity contribution is 5.04. The van der Waals surface area contributed by atoms with E-state index >= 15 is 0 Å². The molecule has 1 fully saturated rings. The summed E-state index contributed by atoms with van der Waals surface area (Å²) in [6, 6.07) is 0. The zero-order valence-electron chi connectivity index (χ0n) is 10.5. The molecule has 0 aromatic carbocycles. The molecule has 0 aliphatic heterocycles. The van der Waals surface area contributed by atoms with Gasteiger partial charge in [0.2, 0.25) is 0 Å². The van der Waals surface area contributed by atoms with Crippen molar-refractivity contribution in [2.24, 2.45) is 12.5 Å². The third-order valence-corrected chi connectivity index (χ3v) is 4.05. The molecular formula is C13H22N2O2. The maximum absolute atomic E-state index is 9.61. The zero-order valence-corrected chi connectivity index (χ0v) is 10.5. The van der Waals surface area contributed by atoms with Crippen LogP contribution in [0.3, 0.4) is 0 Å². The molecule has 0 unspecified atom stereocenters. The van der Waals surface area contributed by atoms with Crippen molar-refractivity contribution in [3.63, 3.8) is 0 Å². The standard InChI is InChI=1S/C13H22N2O2/c1-15-9-11(8-14-15)2-5-13(10-16)6-3-12(17)4-7-13/h8-9,12,16-17H,2-7,10H2,1H3. The summed E-state index contributed by atoms with van der Waals surface area (Å²) in [4.78, 5) is 0. The van der Waals surface area contributed by atoms with Crippen LogP contribution in [0.1, 0.15) is 37.7 Å². The van der Waals surface area contributed by atoms with Gasteiger partial charge in [0.25, 0.3) is 0 Å². The van der Waals surface area contributed by atoms with E-state index in [4.69, 9.17) is 0 Å². The Kier molecular flexibility index (Phi) is 3.84. The summed E-state index contributed by atoms with van der Waals surface area (Å²) in [7, 11) is 1.92. The lowest BCUT2D eigenvalue weighted by atomic mass is 9.70. The molecule has 4 heteroatoms. The van der Waals surface area contributed by atoms with E-state index < -0.39 is 0 Å². The van der Waals surface area contributed by atoms with Gasteiger partial charge in [-0.3, -0.25) is 4.68 Å². The van der Waals surface area contributed by atoms with Gasteiger partial charge < -0.3 is 10.2 Å². The SMILES string of the molecule is Cn1cc(CCC2(CO)CCC(O)CC2)cn1. The first-order valence-electron chi connectivity index (χ1n) is 6.40. The molecule has 0 saturated heterocycles. The number of rotatable bonds is 4. The van der Waals surface area contributed by atoms with Crippen LogP contribution in [0.25, 0.3) is 0 Å². The predicted molar refractivity (Wildman–Crippen MR) is 65.5 cm³/mol. The first-order valence-corrected chi connectivity index (χ1v) is 6.40. The third-order valence-electron chi connectivity index (χ3n) is 4.05. The number of aryl methyl sites for hydroxylation is 2. The molecule has 1 aliphatic carbocycles. The lowest BCUT2D eigenvalue weighted by Crippen LogP contribution is -2.33. The van der Waals surface area contributed by atoms with Crippen LogP contribution in [0.4, 0.5) is 0 Å². The van der Waals surface area contributed by atoms with Gasteiger partial charge in [-0.15, -0.1) is 0 Å². The number of aliphatic hydroxyl groups excluding tert-OH is 2. The van der Waals surface area contributed by atoms with Crippen LogP contribution in [0.15, 0.2) is 12.4 Å². The molecule has 4 nitrogen and oxygen atoms in total. The largest absolute Gasteiger partial charge is 0.396 e. The average molecular weight is 238 g/mol. The molecule has 0 amide bonds. The third kappa shape index (κ3) is 3.07. The van der Waals surface area contributed by atoms with Crippen LogP contribution in [0.2, 0.25) is 0 Å². The summed E-state index contributed by atoms with van der Waals surface area (Å²) in [6.45, 7) is 0.236. The molecular weight excluding hydrogens is 216 g/mol. The van der Waals surface area contributed by atoms with Gasteiger partial charge in [0.15, 0.2) is 0 Å². The molecule has 0 spiro atoms. The van der Waals surface area contributed by atoms with Crippen molar-refractivity contribution in [1.29, 1.82) is 0 Å². The van der Waals surface area contributed by atoms with Crippen LogP contribution < -0.4 is 0 Å². The Morgan fingerprint density at radius 1 is 1.47 bits per heavy atom. The Hall–Kier alpha value is -0.870. The summed E-state index contributed by atoms with van der Waals surface area (Å²) in [5.74, 6) is 0. The molecule has 1 aromatic rings. The monoisotopic (exact) mass is 238 g/mol. The minimum absolute atomic E-state index is 0.0229. The minimum atomic E-state index is -0.159. The molecule has 0 atom stereocenters. The second kappa shape index (κ2) is 5.19. The summed E-state index contributed by atoms with van der Waals surface area (Å²) in [6.07, 6.45) is 9.24. The van der Waals surface area contributed by atoms with Gasteiger partial charge >= 0.3 is 0 Å². The van der Waals surface area contributed by atoms with Crippen molar-refractivity contribution in [2.45, 2.75) is 44.6 Å². The van der Waals surface area contributed by atoms with Gasteiger partial charge in [-0.05, 0) is 49.5 Å². The minimum Gasteiger partial charge on any atom is -0.396 e. The summed E-state index contributed by atoms with van der Waals surface area (Å²) < 4.78 is 1.81. The lowest BCUT2D eigenvalue weighted by molar-refractivity contribution is 0.0188. The molecule has 1 aliphatic rings. The van der Waals surface area contributed by atoms with Crippen molar-refractivity contribution < 1.29 is 10.2 Å². The van der Waals surface area contributed by atoms with E-state index in [2.05, 4.69) is 5.10 Å². The van der Waals surface area contributed by atoms with E-state index in [0.29, 0.717) is 0 Å². The van der Waals surface area contributed by atoms with Gasteiger partial charge in [0.1, 0.15) is 0 Å². The van der Waals surface area contributed by atoms with Crippen LogP contribution in [-0.2, 0) is 13.5 Å². The first-order chi connectivity index (χ1) is 8.13. The van der Waals surface area contributed by atoms with Gasteiger partial charge in [-0.2, -0.15) is 5.10 Å². The predicted octanol–water partition coefficient (Wildman–Crippen LogP) is 1.27. The highest BCUT2D eigenvalue weighted by Gasteiger charge is 2.33. The molecule has 2 rings (SSSR count). The first kappa shape index (κ1) is 12.6. The van der Waals surface area contributed by atoms with Crippen LogP contribution in [0.5, 0.6) is 0 Å². The molecule has 1 heterocycles. The van der Waals surface area contributed by atoms with Crippen LogP contribution >= 0.6 is 0 Å². The zero-order chi connectivity index (χ0) is 12.3. The fourth-order valence-electron chi connectivity index (χ4n) is 2.71. The maximum atomic E-state index is 9.61. The van der Waals surface area contributed by atoms with Crippen molar-refractivity contribution in [1.82, 2.24) is 9.78 Å². The Labute approximate surface area is 102 Å². The van der Waals surface area contributed by atoms with E-state index in [0.717, 1.165) is 38.5 Å². The smallest absolute Gasteiger partial charge is 0.0540 e. The van der Waals surface area contributed by atoms with Crippen molar-refractivity contribution in [2.75, 3.05) is 6.61 Å².